The monoisotopic (exact) mass is 283 g/mol. The zero-order valence-electron chi connectivity index (χ0n) is 11.6. The van der Waals surface area contributed by atoms with Gasteiger partial charge in [-0.15, -0.1) is 10.2 Å². The number of hydrogen-bond donors (Lipinski definition) is 0. The molecule has 0 aliphatic rings. The smallest absolute Gasteiger partial charge is 0.341 e. The number of hydrogen-bond acceptors (Lipinski definition) is 5. The number of nitrogens with zero attached hydrogens (tertiary/aromatic N) is 3. The van der Waals surface area contributed by atoms with Gasteiger partial charge in [-0.05, 0) is 24.3 Å². The van der Waals surface area contributed by atoms with Crippen molar-refractivity contribution in [3.05, 3.63) is 48.2 Å². The number of methoxy groups -OCH3 is 2. The number of carbonyl (C=O) groups excluding carboxylic acids is 1. The first-order valence-corrected chi connectivity index (χ1v) is 6.31. The van der Waals surface area contributed by atoms with E-state index in [9.17, 15) is 4.79 Å². The Morgan fingerprint density at radius 2 is 2.00 bits per heavy atom. The van der Waals surface area contributed by atoms with Crippen LogP contribution in [0.25, 0.3) is 17.0 Å². The number of pyridine rings is 1. The van der Waals surface area contributed by atoms with Crippen LogP contribution in [0, 0.1) is 0 Å². The average Bonchev–Trinajstić information content (AvgIpc) is 2.98. The minimum absolute atomic E-state index is 0.377. The lowest BCUT2D eigenvalue weighted by molar-refractivity contribution is 0.0602. The van der Waals surface area contributed by atoms with Crippen molar-refractivity contribution in [1.82, 2.24) is 14.6 Å². The zero-order valence-corrected chi connectivity index (χ0v) is 11.6. The molecule has 3 aromatic rings. The highest BCUT2D eigenvalue weighted by Gasteiger charge is 2.16. The molecule has 0 aliphatic heterocycles. The van der Waals surface area contributed by atoms with Crippen LogP contribution in [0.5, 0.6) is 5.75 Å². The highest BCUT2D eigenvalue weighted by Crippen LogP contribution is 2.23. The topological polar surface area (TPSA) is 65.7 Å². The van der Waals surface area contributed by atoms with Crippen LogP contribution in [-0.2, 0) is 4.74 Å². The maximum atomic E-state index is 11.8. The fourth-order valence-corrected chi connectivity index (χ4v) is 2.14. The van der Waals surface area contributed by atoms with Crippen LogP contribution in [0.2, 0.25) is 0 Å². The minimum atomic E-state index is -0.440. The van der Waals surface area contributed by atoms with Crippen LogP contribution >= 0.6 is 0 Å². The van der Waals surface area contributed by atoms with Gasteiger partial charge < -0.3 is 9.47 Å². The van der Waals surface area contributed by atoms with Gasteiger partial charge in [0.05, 0.1) is 14.2 Å². The van der Waals surface area contributed by atoms with Gasteiger partial charge in [0.15, 0.2) is 11.5 Å². The standard InChI is InChI=1S/C15H13N3O3/c1-20-11-6-3-5-10(9-11)13-16-17-14-12(15(19)21-2)7-4-8-18(13)14/h3-9H,1-2H3. The minimum Gasteiger partial charge on any atom is -0.497 e. The van der Waals surface area contributed by atoms with Crippen molar-refractivity contribution in [3.8, 4) is 17.1 Å². The Bertz CT molecular complexity index is 811. The molecule has 0 saturated carbocycles. The summed E-state index contributed by atoms with van der Waals surface area (Å²) in [6.45, 7) is 0. The molecule has 0 amide bonds. The number of carbonyl (C=O) groups is 1. The number of rotatable bonds is 3. The van der Waals surface area contributed by atoms with Crippen molar-refractivity contribution in [3.63, 3.8) is 0 Å². The lowest BCUT2D eigenvalue weighted by atomic mass is 10.2. The molecule has 2 aromatic heterocycles. The largest absolute Gasteiger partial charge is 0.497 e. The van der Waals surface area contributed by atoms with Crippen molar-refractivity contribution in [2.45, 2.75) is 0 Å². The highest BCUT2D eigenvalue weighted by atomic mass is 16.5. The second-order valence-electron chi connectivity index (χ2n) is 4.36. The summed E-state index contributed by atoms with van der Waals surface area (Å²) in [4.78, 5) is 11.8. The number of fused-ring (bicyclic) bond motifs is 1. The Labute approximate surface area is 120 Å². The summed E-state index contributed by atoms with van der Waals surface area (Å²) in [7, 11) is 2.95. The van der Waals surface area contributed by atoms with Crippen LogP contribution in [0.4, 0.5) is 0 Å². The van der Waals surface area contributed by atoms with Crippen molar-refractivity contribution >= 4 is 11.6 Å². The summed E-state index contributed by atoms with van der Waals surface area (Å²) in [5.74, 6) is 0.924. The molecular weight excluding hydrogens is 270 g/mol. The van der Waals surface area contributed by atoms with E-state index in [4.69, 9.17) is 9.47 Å². The second-order valence-corrected chi connectivity index (χ2v) is 4.36. The summed E-state index contributed by atoms with van der Waals surface area (Å²) in [5, 5.41) is 8.26. The van der Waals surface area contributed by atoms with Crippen molar-refractivity contribution in [1.29, 1.82) is 0 Å². The van der Waals surface area contributed by atoms with Crippen molar-refractivity contribution in [2.75, 3.05) is 14.2 Å². The van der Waals surface area contributed by atoms with E-state index in [0.717, 1.165) is 11.3 Å². The molecule has 0 aliphatic carbocycles. The van der Waals surface area contributed by atoms with E-state index in [2.05, 4.69) is 10.2 Å². The SMILES string of the molecule is COC(=O)c1cccn2c(-c3cccc(OC)c3)nnc12. The first-order valence-electron chi connectivity index (χ1n) is 6.31. The maximum Gasteiger partial charge on any atom is 0.341 e. The Kier molecular flexibility index (Phi) is 3.27. The Morgan fingerprint density at radius 1 is 1.14 bits per heavy atom. The van der Waals surface area contributed by atoms with E-state index in [0.29, 0.717) is 17.0 Å². The van der Waals surface area contributed by atoms with Crippen molar-refractivity contribution < 1.29 is 14.3 Å². The van der Waals surface area contributed by atoms with Gasteiger partial charge in [-0.1, -0.05) is 12.1 Å². The molecule has 0 atom stereocenters. The van der Waals surface area contributed by atoms with Crippen LogP contribution < -0.4 is 4.74 Å². The Balaban J connectivity index is 2.18. The molecule has 106 valence electrons. The van der Waals surface area contributed by atoms with E-state index in [1.807, 2.05) is 24.3 Å². The molecule has 6 heteroatoms. The molecule has 21 heavy (non-hydrogen) atoms. The van der Waals surface area contributed by atoms with Gasteiger partial charge in [-0.2, -0.15) is 0 Å². The van der Waals surface area contributed by atoms with Gasteiger partial charge in [0.1, 0.15) is 11.3 Å². The van der Waals surface area contributed by atoms with Gasteiger partial charge >= 0.3 is 5.97 Å². The third-order valence-electron chi connectivity index (χ3n) is 3.17. The summed E-state index contributed by atoms with van der Waals surface area (Å²) in [6.07, 6.45) is 1.80. The van der Waals surface area contributed by atoms with E-state index < -0.39 is 5.97 Å². The number of benzene rings is 1. The first kappa shape index (κ1) is 13.1. The third kappa shape index (κ3) is 2.20. The summed E-state index contributed by atoms with van der Waals surface area (Å²) in [5.41, 5.74) is 1.69. The zero-order chi connectivity index (χ0) is 14.8. The molecule has 0 spiro atoms. The molecule has 0 unspecified atom stereocenters. The van der Waals surface area contributed by atoms with E-state index >= 15 is 0 Å². The molecule has 0 saturated heterocycles. The average molecular weight is 283 g/mol. The molecule has 1 aromatic carbocycles. The summed E-state index contributed by atoms with van der Waals surface area (Å²) >= 11 is 0. The normalized spacial score (nSPS) is 10.6. The third-order valence-corrected chi connectivity index (χ3v) is 3.17. The van der Waals surface area contributed by atoms with E-state index in [1.165, 1.54) is 7.11 Å². The molecule has 0 bridgehead atoms. The lowest BCUT2D eigenvalue weighted by Gasteiger charge is -2.04. The molecule has 0 radical (unpaired) electrons. The molecule has 6 nitrogen and oxygen atoms in total. The number of ether oxygens (including phenoxy) is 2. The number of esters is 1. The van der Waals surface area contributed by atoms with Gasteiger partial charge in [-0.3, -0.25) is 4.40 Å². The maximum absolute atomic E-state index is 11.8. The predicted octanol–water partition coefficient (Wildman–Crippen LogP) is 2.19. The van der Waals surface area contributed by atoms with Crippen LogP contribution in [-0.4, -0.2) is 34.8 Å². The van der Waals surface area contributed by atoms with E-state index in [1.54, 1.807) is 29.8 Å². The number of aromatic nitrogens is 3. The molecule has 0 fully saturated rings. The van der Waals surface area contributed by atoms with Crippen LogP contribution in [0.1, 0.15) is 10.4 Å². The summed E-state index contributed by atoms with van der Waals surface area (Å²) in [6, 6.07) is 10.9. The molecule has 0 N–H and O–H groups in total. The van der Waals surface area contributed by atoms with Crippen LogP contribution in [0.3, 0.4) is 0 Å². The van der Waals surface area contributed by atoms with Gasteiger partial charge in [0.2, 0.25) is 0 Å². The fourth-order valence-electron chi connectivity index (χ4n) is 2.14. The Hall–Kier alpha value is -2.89. The van der Waals surface area contributed by atoms with E-state index in [-0.39, 0.29) is 0 Å². The Morgan fingerprint density at radius 3 is 2.76 bits per heavy atom. The lowest BCUT2D eigenvalue weighted by Crippen LogP contribution is -2.04. The first-order chi connectivity index (χ1) is 10.2. The quantitative estimate of drug-likeness (QED) is 0.689. The predicted molar refractivity (Wildman–Crippen MR) is 76.3 cm³/mol. The van der Waals surface area contributed by atoms with Gasteiger partial charge in [0, 0.05) is 11.8 Å². The fraction of sp³-hybridized carbons (Fsp3) is 0.133. The van der Waals surface area contributed by atoms with Crippen LogP contribution in [0.15, 0.2) is 42.6 Å². The molecular formula is C15H13N3O3. The summed E-state index contributed by atoms with van der Waals surface area (Å²) < 4.78 is 11.7. The van der Waals surface area contributed by atoms with Crippen molar-refractivity contribution in [2.24, 2.45) is 0 Å². The van der Waals surface area contributed by atoms with Gasteiger partial charge in [0.25, 0.3) is 0 Å². The molecule has 2 heterocycles. The van der Waals surface area contributed by atoms with Gasteiger partial charge in [-0.25, -0.2) is 4.79 Å². The second kappa shape index (κ2) is 5.24. The molecule has 3 rings (SSSR count). The highest BCUT2D eigenvalue weighted by molar-refractivity contribution is 5.95.